The van der Waals surface area contributed by atoms with E-state index in [1.165, 1.54) is 0 Å². The van der Waals surface area contributed by atoms with Gasteiger partial charge in [-0.25, -0.2) is 4.99 Å². The van der Waals surface area contributed by atoms with Gasteiger partial charge in [0.15, 0.2) is 0 Å². The second-order valence-corrected chi connectivity index (χ2v) is 14.0. The Bertz CT molecular complexity index is 2130. The van der Waals surface area contributed by atoms with E-state index in [0.29, 0.717) is 10.6 Å². The van der Waals surface area contributed by atoms with E-state index in [1.807, 2.05) is 97.1 Å². The number of nitrogens with zero attached hydrogens (tertiary/aromatic N) is 2. The number of amidine groups is 1. The molecule has 0 fully saturated rings. The third-order valence-electron chi connectivity index (χ3n) is 9.01. The predicted molar refractivity (Wildman–Crippen MR) is 185 cm³/mol. The van der Waals surface area contributed by atoms with Crippen molar-refractivity contribution in [3.05, 3.63) is 156 Å². The molecule has 3 unspecified atom stereocenters. The van der Waals surface area contributed by atoms with Crippen molar-refractivity contribution in [2.24, 2.45) is 4.99 Å². The number of hydrogen-bond acceptors (Lipinski definition) is 7. The molecule has 6 bridgehead atoms. The van der Waals surface area contributed by atoms with E-state index in [9.17, 15) is 4.57 Å². The molecule has 3 aliphatic heterocycles. The van der Waals surface area contributed by atoms with Crippen molar-refractivity contribution in [2.45, 2.75) is 18.5 Å². The topological polar surface area (TPSA) is 93.8 Å². The molecule has 3 aliphatic rings. The molecular weight excluding hydrogens is 590 g/mol. The van der Waals surface area contributed by atoms with Crippen LogP contribution in [0, 0.1) is 0 Å². The van der Waals surface area contributed by atoms with E-state index < -0.39 is 7.37 Å². The van der Waals surface area contributed by atoms with Crippen LogP contribution in [0.2, 0.25) is 0 Å². The molecule has 6 aromatic rings. The Morgan fingerprint density at radius 3 is 1.78 bits per heavy atom. The Hall–Kier alpha value is -5.08. The minimum Gasteiger partial charge on any atom is -0.367 e. The molecule has 0 spiro atoms. The Morgan fingerprint density at radius 2 is 1.13 bits per heavy atom. The highest BCUT2D eigenvalue weighted by Gasteiger charge is 2.43. The van der Waals surface area contributed by atoms with Gasteiger partial charge in [0.2, 0.25) is 7.37 Å². The Labute approximate surface area is 267 Å². The van der Waals surface area contributed by atoms with Crippen LogP contribution >= 0.6 is 7.37 Å². The van der Waals surface area contributed by atoms with Crippen molar-refractivity contribution in [1.82, 2.24) is 15.1 Å². The van der Waals surface area contributed by atoms with Crippen LogP contribution in [0.1, 0.15) is 40.8 Å². The molecule has 3 atom stereocenters. The minimum absolute atomic E-state index is 0.287. The number of H-pyrrole nitrogens is 1. The van der Waals surface area contributed by atoms with E-state index in [1.54, 1.807) is 7.62 Å². The van der Waals surface area contributed by atoms with Gasteiger partial charge in [-0.2, -0.15) is 0 Å². The standard InChI is InChI=1S/C36H29BN6O2P/c44-46(23-13-3-1-4-14-23,24-15-5-2-6-16-24)45-37-43-35-29-21-11-12-22-30(29)36(43)42-34-28-20-10-8-18-26(28)32(40-34)38-31-25-17-7-9-19-27(25)33(39-31)41-35/h1-22,31,35-36,38,40,42H,(H,39,41). The highest BCUT2D eigenvalue weighted by Crippen LogP contribution is 2.48. The smallest absolute Gasteiger partial charge is 0.367 e. The number of aliphatic imine (C=N–C) groups is 1. The monoisotopic (exact) mass is 619 g/mol. The highest BCUT2D eigenvalue weighted by atomic mass is 31.2. The Balaban J connectivity index is 1.20. The quantitative estimate of drug-likeness (QED) is 0.129. The number of anilines is 2. The average Bonchev–Trinajstić information content (AvgIpc) is 3.74. The average molecular weight is 619 g/mol. The molecule has 9 rings (SSSR count). The number of benzene rings is 5. The molecule has 0 amide bonds. The zero-order chi connectivity index (χ0) is 30.7. The van der Waals surface area contributed by atoms with E-state index in [0.717, 1.165) is 50.5 Å². The van der Waals surface area contributed by atoms with Crippen LogP contribution in [-0.4, -0.2) is 23.2 Å². The second-order valence-electron chi connectivity index (χ2n) is 11.6. The van der Waals surface area contributed by atoms with Crippen LogP contribution in [0.5, 0.6) is 0 Å². The van der Waals surface area contributed by atoms with Crippen LogP contribution in [0.15, 0.2) is 138 Å². The number of aromatic nitrogens is 1. The summed E-state index contributed by atoms with van der Waals surface area (Å²) >= 11 is 0. The summed E-state index contributed by atoms with van der Waals surface area (Å²) in [6.07, 6.45) is -1.03. The zero-order valence-electron chi connectivity index (χ0n) is 24.7. The van der Waals surface area contributed by atoms with Crippen LogP contribution in [0.25, 0.3) is 10.8 Å². The molecule has 1 aromatic heterocycles. The highest BCUT2D eigenvalue weighted by molar-refractivity contribution is 7.75. The fourth-order valence-electron chi connectivity index (χ4n) is 6.80. The summed E-state index contributed by atoms with van der Waals surface area (Å²) in [5.41, 5.74) is 4.26. The minimum atomic E-state index is -3.53. The lowest BCUT2D eigenvalue weighted by Gasteiger charge is -2.32. The first-order valence-corrected chi connectivity index (χ1v) is 17.0. The normalized spacial score (nSPS) is 19.8. The number of hydrogen-bond donors (Lipinski definition) is 4. The molecule has 0 aliphatic carbocycles. The van der Waals surface area contributed by atoms with E-state index >= 15 is 0 Å². The Kier molecular flexibility index (Phi) is 6.38. The maximum Gasteiger partial charge on any atom is 0.409 e. The van der Waals surface area contributed by atoms with Crippen molar-refractivity contribution < 1.29 is 9.01 Å². The van der Waals surface area contributed by atoms with Gasteiger partial charge in [0, 0.05) is 32.5 Å². The van der Waals surface area contributed by atoms with E-state index in [2.05, 4.69) is 62.1 Å². The van der Waals surface area contributed by atoms with Crippen molar-refractivity contribution in [3.63, 3.8) is 0 Å². The van der Waals surface area contributed by atoms with E-state index in [4.69, 9.17) is 9.43 Å². The fourth-order valence-corrected chi connectivity index (χ4v) is 8.71. The molecular formula is C36H29BN6O2P. The Morgan fingerprint density at radius 1 is 0.609 bits per heavy atom. The lowest BCUT2D eigenvalue weighted by Crippen LogP contribution is -2.43. The van der Waals surface area contributed by atoms with Gasteiger partial charge in [-0.05, 0) is 35.4 Å². The molecule has 0 saturated carbocycles. The second kappa shape index (κ2) is 10.8. The summed E-state index contributed by atoms with van der Waals surface area (Å²) in [5, 5.41) is 14.6. The predicted octanol–water partition coefficient (Wildman–Crippen LogP) is 6.55. The third kappa shape index (κ3) is 4.31. The van der Waals surface area contributed by atoms with Crippen LogP contribution in [0.4, 0.5) is 11.6 Å². The first-order chi connectivity index (χ1) is 22.7. The number of rotatable bonds is 5. The third-order valence-corrected chi connectivity index (χ3v) is 11.4. The van der Waals surface area contributed by atoms with Gasteiger partial charge in [-0.15, -0.1) is 0 Å². The van der Waals surface area contributed by atoms with Gasteiger partial charge in [-0.1, -0.05) is 109 Å². The summed E-state index contributed by atoms with van der Waals surface area (Å²) < 4.78 is 21.5. The van der Waals surface area contributed by atoms with Crippen LogP contribution < -0.4 is 26.6 Å². The maximum absolute atomic E-state index is 15.0. The molecule has 1 radical (unpaired) electrons. The van der Waals surface area contributed by atoms with Crippen molar-refractivity contribution >= 4 is 53.8 Å². The molecule has 8 nitrogen and oxygen atoms in total. The lowest BCUT2D eigenvalue weighted by molar-refractivity contribution is 0.274. The molecule has 46 heavy (non-hydrogen) atoms. The van der Waals surface area contributed by atoms with E-state index in [-0.39, 0.29) is 18.5 Å². The summed E-state index contributed by atoms with van der Waals surface area (Å²) in [7, 11) is -1.88. The molecule has 0 saturated heterocycles. The number of fused-ring (bicyclic) bond motifs is 14. The van der Waals surface area contributed by atoms with Gasteiger partial charge in [0.05, 0.1) is 0 Å². The molecule has 10 heteroatoms. The van der Waals surface area contributed by atoms with Gasteiger partial charge in [0.1, 0.15) is 36.0 Å². The van der Waals surface area contributed by atoms with Gasteiger partial charge >= 0.3 is 7.62 Å². The summed E-state index contributed by atoms with van der Waals surface area (Å²) in [6, 6.07) is 43.8. The van der Waals surface area contributed by atoms with Gasteiger partial charge in [-0.3, -0.25) is 9.38 Å². The SMILES string of the molecule is O=P(O[B]N1C2NC3=NC(Nc4[nH]c(c5ccccc45)NC1c1ccccc12)c1ccccc13)(c1ccccc1)c1ccccc1. The first-order valence-electron chi connectivity index (χ1n) is 15.3. The van der Waals surface area contributed by atoms with Crippen LogP contribution in [0.3, 0.4) is 0 Å². The van der Waals surface area contributed by atoms with Crippen LogP contribution in [-0.2, 0) is 9.01 Å². The number of aromatic amines is 1. The van der Waals surface area contributed by atoms with Gasteiger partial charge in [0.25, 0.3) is 0 Å². The molecule has 4 N–H and O–H groups in total. The lowest BCUT2D eigenvalue weighted by atomic mass is 10.1. The summed E-state index contributed by atoms with van der Waals surface area (Å²) in [6.45, 7) is 0. The molecule has 223 valence electrons. The fraction of sp³-hybridized carbons (Fsp3) is 0.0833. The van der Waals surface area contributed by atoms with Crippen molar-refractivity contribution in [3.8, 4) is 0 Å². The largest absolute Gasteiger partial charge is 0.409 e. The van der Waals surface area contributed by atoms with Gasteiger partial charge < -0.3 is 25.4 Å². The zero-order valence-corrected chi connectivity index (χ0v) is 25.6. The molecule has 5 aromatic carbocycles. The maximum atomic E-state index is 15.0. The molecule has 4 heterocycles. The summed E-state index contributed by atoms with van der Waals surface area (Å²) in [4.78, 5) is 10.9. The number of nitrogens with one attached hydrogen (secondary N) is 4. The first kappa shape index (κ1) is 27.3. The van der Waals surface area contributed by atoms with Crippen molar-refractivity contribution in [2.75, 3.05) is 10.6 Å². The summed E-state index contributed by atoms with van der Waals surface area (Å²) in [5.74, 6) is 2.52. The van der Waals surface area contributed by atoms with Crippen molar-refractivity contribution in [1.29, 1.82) is 0 Å².